The molecule has 2 rings (SSSR count). The Labute approximate surface area is 111 Å². The Kier molecular flexibility index (Phi) is 4.44. The maximum absolute atomic E-state index is 11.6. The van der Waals surface area contributed by atoms with Crippen LogP contribution < -0.4 is 10.1 Å². The summed E-state index contributed by atoms with van der Waals surface area (Å²) in [5.41, 5.74) is 1.92. The highest BCUT2D eigenvalue weighted by atomic mass is 16.5. The van der Waals surface area contributed by atoms with Gasteiger partial charge in [-0.2, -0.15) is 0 Å². The Morgan fingerprint density at radius 1 is 1.26 bits per heavy atom. The maximum atomic E-state index is 11.6. The summed E-state index contributed by atoms with van der Waals surface area (Å²) in [6, 6.07) is 9.31. The van der Waals surface area contributed by atoms with Crippen molar-refractivity contribution in [1.29, 1.82) is 0 Å². The van der Waals surface area contributed by atoms with Crippen LogP contribution in [0.4, 0.5) is 0 Å². The number of aryl methyl sites for hydroxylation is 1. The van der Waals surface area contributed by atoms with Gasteiger partial charge in [0.15, 0.2) is 6.61 Å². The summed E-state index contributed by atoms with van der Waals surface area (Å²) >= 11 is 0. The summed E-state index contributed by atoms with van der Waals surface area (Å²) in [4.78, 5) is 19.4. The topological polar surface area (TPSA) is 64.1 Å². The number of hydrogen-bond donors (Lipinski definition) is 1. The van der Waals surface area contributed by atoms with Crippen molar-refractivity contribution in [2.24, 2.45) is 0 Å². The Bertz CT molecular complexity index is 526. The van der Waals surface area contributed by atoms with Crippen molar-refractivity contribution in [3.8, 4) is 5.75 Å². The van der Waals surface area contributed by atoms with Gasteiger partial charge in [0.05, 0.1) is 12.2 Å². The van der Waals surface area contributed by atoms with E-state index in [1.807, 2.05) is 31.2 Å². The Morgan fingerprint density at radius 2 is 2.05 bits per heavy atom. The molecule has 2 aromatic rings. The second-order valence-electron chi connectivity index (χ2n) is 4.08. The van der Waals surface area contributed by atoms with Gasteiger partial charge in [0.25, 0.3) is 5.91 Å². The van der Waals surface area contributed by atoms with E-state index < -0.39 is 0 Å². The number of hydrogen-bond acceptors (Lipinski definition) is 4. The average Bonchev–Trinajstić information content (AvgIpc) is 2.45. The van der Waals surface area contributed by atoms with Gasteiger partial charge in [-0.05, 0) is 25.1 Å². The zero-order chi connectivity index (χ0) is 13.5. The summed E-state index contributed by atoms with van der Waals surface area (Å²) in [5, 5.41) is 2.73. The molecule has 0 saturated heterocycles. The molecule has 98 valence electrons. The van der Waals surface area contributed by atoms with E-state index in [1.54, 1.807) is 12.3 Å². The van der Waals surface area contributed by atoms with Gasteiger partial charge in [-0.1, -0.05) is 17.7 Å². The number of carbonyl (C=O) groups excluding carboxylic acids is 1. The predicted molar refractivity (Wildman–Crippen MR) is 70.6 cm³/mol. The van der Waals surface area contributed by atoms with Crippen LogP contribution in [0.2, 0.25) is 0 Å². The second kappa shape index (κ2) is 6.49. The zero-order valence-electron chi connectivity index (χ0n) is 10.7. The lowest BCUT2D eigenvalue weighted by atomic mass is 10.2. The van der Waals surface area contributed by atoms with Crippen LogP contribution in [-0.4, -0.2) is 22.5 Å². The number of amides is 1. The number of benzene rings is 1. The molecule has 1 aromatic heterocycles. The summed E-state index contributed by atoms with van der Waals surface area (Å²) in [6.45, 7) is 2.37. The molecule has 19 heavy (non-hydrogen) atoms. The van der Waals surface area contributed by atoms with E-state index >= 15 is 0 Å². The van der Waals surface area contributed by atoms with Gasteiger partial charge in [-0.15, -0.1) is 0 Å². The van der Waals surface area contributed by atoms with Crippen LogP contribution in [-0.2, 0) is 11.3 Å². The molecular formula is C14H15N3O2. The number of carbonyl (C=O) groups is 1. The summed E-state index contributed by atoms with van der Waals surface area (Å²) < 4.78 is 5.37. The van der Waals surface area contributed by atoms with E-state index in [-0.39, 0.29) is 12.5 Å². The highest BCUT2D eigenvalue weighted by Gasteiger charge is 2.03. The van der Waals surface area contributed by atoms with Crippen LogP contribution >= 0.6 is 0 Å². The number of nitrogens with one attached hydrogen (secondary N) is 1. The third-order valence-corrected chi connectivity index (χ3v) is 2.50. The molecule has 5 heteroatoms. The standard InChI is InChI=1S/C14H15N3O2/c1-11-2-4-13(5-3-11)19-9-14(18)16-8-12-6-7-15-10-17-12/h2-7,10H,8-9H2,1H3,(H,16,18). The highest BCUT2D eigenvalue weighted by Crippen LogP contribution is 2.10. The van der Waals surface area contributed by atoms with Crippen LogP contribution in [0.5, 0.6) is 5.75 Å². The van der Waals surface area contributed by atoms with Crippen molar-refractivity contribution in [2.45, 2.75) is 13.5 Å². The van der Waals surface area contributed by atoms with Gasteiger partial charge < -0.3 is 10.1 Å². The van der Waals surface area contributed by atoms with E-state index in [0.717, 1.165) is 11.3 Å². The normalized spacial score (nSPS) is 9.95. The lowest BCUT2D eigenvalue weighted by molar-refractivity contribution is -0.123. The first-order valence-corrected chi connectivity index (χ1v) is 5.95. The average molecular weight is 257 g/mol. The molecule has 0 aliphatic rings. The number of ether oxygens (including phenoxy) is 1. The van der Waals surface area contributed by atoms with E-state index in [9.17, 15) is 4.79 Å². The van der Waals surface area contributed by atoms with Gasteiger partial charge in [0, 0.05) is 6.20 Å². The van der Waals surface area contributed by atoms with Crippen molar-refractivity contribution < 1.29 is 9.53 Å². The van der Waals surface area contributed by atoms with Crippen LogP contribution in [0.1, 0.15) is 11.3 Å². The van der Waals surface area contributed by atoms with E-state index in [2.05, 4.69) is 15.3 Å². The fourth-order valence-electron chi connectivity index (χ4n) is 1.45. The van der Waals surface area contributed by atoms with Gasteiger partial charge >= 0.3 is 0 Å². The molecule has 1 amide bonds. The minimum Gasteiger partial charge on any atom is -0.484 e. The van der Waals surface area contributed by atoms with Gasteiger partial charge in [-0.25, -0.2) is 9.97 Å². The molecule has 0 fully saturated rings. The van der Waals surface area contributed by atoms with Crippen molar-refractivity contribution in [3.05, 3.63) is 54.1 Å². The fourth-order valence-corrected chi connectivity index (χ4v) is 1.45. The van der Waals surface area contributed by atoms with Crippen LogP contribution in [0.25, 0.3) is 0 Å². The molecule has 0 saturated carbocycles. The highest BCUT2D eigenvalue weighted by molar-refractivity contribution is 5.77. The first kappa shape index (κ1) is 13.0. The minimum atomic E-state index is -0.181. The third kappa shape index (κ3) is 4.39. The van der Waals surface area contributed by atoms with Crippen molar-refractivity contribution in [3.63, 3.8) is 0 Å². The Morgan fingerprint density at radius 3 is 2.74 bits per heavy atom. The van der Waals surface area contributed by atoms with Crippen molar-refractivity contribution in [1.82, 2.24) is 15.3 Å². The van der Waals surface area contributed by atoms with Crippen molar-refractivity contribution >= 4 is 5.91 Å². The molecule has 0 aliphatic carbocycles. The second-order valence-corrected chi connectivity index (χ2v) is 4.08. The zero-order valence-corrected chi connectivity index (χ0v) is 10.7. The number of aromatic nitrogens is 2. The predicted octanol–water partition coefficient (Wildman–Crippen LogP) is 1.48. The largest absolute Gasteiger partial charge is 0.484 e. The molecular weight excluding hydrogens is 242 g/mol. The molecule has 0 atom stereocenters. The monoisotopic (exact) mass is 257 g/mol. The number of rotatable bonds is 5. The first-order chi connectivity index (χ1) is 9.24. The molecule has 1 heterocycles. The van der Waals surface area contributed by atoms with E-state index in [1.165, 1.54) is 6.33 Å². The molecule has 5 nitrogen and oxygen atoms in total. The van der Waals surface area contributed by atoms with Gasteiger partial charge in [0.1, 0.15) is 12.1 Å². The Balaban J connectivity index is 1.74. The molecule has 0 bridgehead atoms. The lowest BCUT2D eigenvalue weighted by Crippen LogP contribution is -2.28. The number of nitrogens with zero attached hydrogens (tertiary/aromatic N) is 2. The Hall–Kier alpha value is -2.43. The smallest absolute Gasteiger partial charge is 0.258 e. The van der Waals surface area contributed by atoms with Gasteiger partial charge in [-0.3, -0.25) is 4.79 Å². The van der Waals surface area contributed by atoms with E-state index in [4.69, 9.17) is 4.74 Å². The van der Waals surface area contributed by atoms with Crippen molar-refractivity contribution in [2.75, 3.05) is 6.61 Å². The van der Waals surface area contributed by atoms with Crippen LogP contribution in [0, 0.1) is 6.92 Å². The molecule has 0 unspecified atom stereocenters. The quantitative estimate of drug-likeness (QED) is 0.881. The SMILES string of the molecule is Cc1ccc(OCC(=O)NCc2ccncn2)cc1. The molecule has 1 aromatic carbocycles. The molecule has 0 aliphatic heterocycles. The first-order valence-electron chi connectivity index (χ1n) is 5.95. The van der Waals surface area contributed by atoms with Crippen LogP contribution in [0.15, 0.2) is 42.9 Å². The van der Waals surface area contributed by atoms with E-state index in [0.29, 0.717) is 12.3 Å². The lowest BCUT2D eigenvalue weighted by Gasteiger charge is -2.07. The molecule has 0 radical (unpaired) electrons. The summed E-state index contributed by atoms with van der Waals surface area (Å²) in [7, 11) is 0. The maximum Gasteiger partial charge on any atom is 0.258 e. The molecule has 1 N–H and O–H groups in total. The van der Waals surface area contributed by atoms with Gasteiger partial charge in [0.2, 0.25) is 0 Å². The van der Waals surface area contributed by atoms with Crippen LogP contribution in [0.3, 0.4) is 0 Å². The minimum absolute atomic E-state index is 0.00581. The summed E-state index contributed by atoms with van der Waals surface area (Å²) in [6.07, 6.45) is 3.08. The fraction of sp³-hybridized carbons (Fsp3) is 0.214. The summed E-state index contributed by atoms with van der Waals surface area (Å²) in [5.74, 6) is 0.502. The molecule has 0 spiro atoms. The third-order valence-electron chi connectivity index (χ3n) is 2.50.